The van der Waals surface area contributed by atoms with Crippen LogP contribution in [0.4, 0.5) is 0 Å². The zero-order valence-electron chi connectivity index (χ0n) is 17.0. The summed E-state index contributed by atoms with van der Waals surface area (Å²) in [6, 6.07) is 13.0. The van der Waals surface area contributed by atoms with Gasteiger partial charge in [0.25, 0.3) is 5.91 Å². The van der Waals surface area contributed by atoms with Gasteiger partial charge in [-0.05, 0) is 39.2 Å². The average molecular weight is 397 g/mol. The van der Waals surface area contributed by atoms with Crippen molar-refractivity contribution in [2.24, 2.45) is 0 Å². The summed E-state index contributed by atoms with van der Waals surface area (Å²) in [7, 11) is 0. The van der Waals surface area contributed by atoms with Crippen LogP contribution in [-0.4, -0.2) is 35.0 Å². The highest BCUT2D eigenvalue weighted by Crippen LogP contribution is 2.40. The molecular formula is C23H27NO5. The number of rotatable bonds is 7. The van der Waals surface area contributed by atoms with Crippen LogP contribution in [0.3, 0.4) is 0 Å². The van der Waals surface area contributed by atoms with Gasteiger partial charge < -0.3 is 19.9 Å². The monoisotopic (exact) mass is 397 g/mol. The Hall–Kier alpha value is -3.02. The van der Waals surface area contributed by atoms with Crippen molar-refractivity contribution in [3.05, 3.63) is 53.6 Å². The van der Waals surface area contributed by atoms with Crippen LogP contribution in [0.25, 0.3) is 0 Å². The molecule has 1 amide bonds. The van der Waals surface area contributed by atoms with Gasteiger partial charge in [-0.1, -0.05) is 30.3 Å². The fourth-order valence-corrected chi connectivity index (χ4v) is 3.39. The molecule has 6 heteroatoms. The lowest BCUT2D eigenvalue weighted by molar-refractivity contribution is -0.123. The number of carbonyl (C=O) groups is 2. The molecule has 29 heavy (non-hydrogen) atoms. The molecule has 1 aliphatic rings. The number of ether oxygens (including phenoxy) is 2. The Morgan fingerprint density at radius 3 is 2.72 bits per heavy atom. The first-order valence-corrected chi connectivity index (χ1v) is 9.79. The van der Waals surface area contributed by atoms with Crippen LogP contribution in [0.1, 0.15) is 49.5 Å². The van der Waals surface area contributed by atoms with Gasteiger partial charge in [-0.25, -0.2) is 0 Å². The van der Waals surface area contributed by atoms with Crippen LogP contribution >= 0.6 is 0 Å². The predicted octanol–water partition coefficient (Wildman–Crippen LogP) is 3.65. The SMILES string of the molecule is CC(CCc1ccccc1)NC(=O)COc1cc(O)c2c(c1)OC(C)(C)CC2=O. The van der Waals surface area contributed by atoms with Gasteiger partial charge in [0.1, 0.15) is 28.4 Å². The van der Waals surface area contributed by atoms with Crippen molar-refractivity contribution in [3.63, 3.8) is 0 Å². The van der Waals surface area contributed by atoms with E-state index in [1.54, 1.807) is 6.07 Å². The highest BCUT2D eigenvalue weighted by molar-refractivity contribution is 6.03. The predicted molar refractivity (Wildman–Crippen MR) is 110 cm³/mol. The maximum absolute atomic E-state index is 12.2. The lowest BCUT2D eigenvalue weighted by atomic mass is 9.92. The Kier molecular flexibility index (Phi) is 6.11. The summed E-state index contributed by atoms with van der Waals surface area (Å²) in [6.07, 6.45) is 1.89. The van der Waals surface area contributed by atoms with Crippen molar-refractivity contribution < 1.29 is 24.2 Å². The van der Waals surface area contributed by atoms with Gasteiger partial charge in [-0.2, -0.15) is 0 Å². The first kappa shape index (κ1) is 20.7. The third kappa shape index (κ3) is 5.50. The topological polar surface area (TPSA) is 84.9 Å². The van der Waals surface area contributed by atoms with Gasteiger partial charge in [-0.15, -0.1) is 0 Å². The van der Waals surface area contributed by atoms with Crippen LogP contribution < -0.4 is 14.8 Å². The first-order valence-electron chi connectivity index (χ1n) is 9.79. The zero-order chi connectivity index (χ0) is 21.0. The minimum atomic E-state index is -0.652. The highest BCUT2D eigenvalue weighted by atomic mass is 16.5. The minimum absolute atomic E-state index is 0.00463. The van der Waals surface area contributed by atoms with E-state index in [1.165, 1.54) is 11.6 Å². The lowest BCUT2D eigenvalue weighted by Crippen LogP contribution is -2.36. The second kappa shape index (κ2) is 8.55. The third-order valence-corrected chi connectivity index (χ3v) is 4.79. The number of aromatic hydroxyl groups is 1. The maximum Gasteiger partial charge on any atom is 0.258 e. The van der Waals surface area contributed by atoms with Crippen molar-refractivity contribution in [2.75, 3.05) is 6.61 Å². The first-order chi connectivity index (χ1) is 13.7. The second-order valence-corrected chi connectivity index (χ2v) is 8.06. The second-order valence-electron chi connectivity index (χ2n) is 8.06. The van der Waals surface area contributed by atoms with E-state index in [-0.39, 0.29) is 53.6 Å². The number of fused-ring (bicyclic) bond motifs is 1. The van der Waals surface area contributed by atoms with Gasteiger partial charge in [0.2, 0.25) is 0 Å². The Morgan fingerprint density at radius 1 is 1.28 bits per heavy atom. The van der Waals surface area contributed by atoms with E-state index >= 15 is 0 Å². The fourth-order valence-electron chi connectivity index (χ4n) is 3.39. The summed E-state index contributed by atoms with van der Waals surface area (Å²) in [4.78, 5) is 24.4. The number of hydrogen-bond acceptors (Lipinski definition) is 5. The number of benzene rings is 2. The molecule has 0 saturated carbocycles. The summed E-state index contributed by atoms with van der Waals surface area (Å²) in [5, 5.41) is 13.1. The zero-order valence-corrected chi connectivity index (χ0v) is 17.0. The molecule has 0 radical (unpaired) electrons. The van der Waals surface area contributed by atoms with E-state index in [0.29, 0.717) is 0 Å². The molecule has 0 bridgehead atoms. The Bertz CT molecular complexity index is 892. The van der Waals surface area contributed by atoms with E-state index in [9.17, 15) is 14.7 Å². The van der Waals surface area contributed by atoms with Crippen molar-refractivity contribution in [2.45, 2.75) is 51.7 Å². The number of hydrogen-bond donors (Lipinski definition) is 2. The molecule has 2 aromatic rings. The van der Waals surface area contributed by atoms with Crippen molar-refractivity contribution in [3.8, 4) is 17.2 Å². The molecule has 154 valence electrons. The maximum atomic E-state index is 12.2. The van der Waals surface area contributed by atoms with Crippen molar-refractivity contribution in [1.82, 2.24) is 5.32 Å². The number of aryl methyl sites for hydroxylation is 1. The summed E-state index contributed by atoms with van der Waals surface area (Å²) in [5.74, 6) is -0.0725. The summed E-state index contributed by atoms with van der Waals surface area (Å²) in [6.45, 7) is 5.38. The molecule has 3 rings (SSSR count). The van der Waals surface area contributed by atoms with Crippen LogP contribution in [0, 0.1) is 0 Å². The summed E-state index contributed by atoms with van der Waals surface area (Å²) < 4.78 is 11.3. The molecule has 1 aliphatic heterocycles. The number of Topliss-reactive ketones (excluding diaryl/α,β-unsaturated/α-hetero) is 1. The number of phenolic OH excluding ortho intramolecular Hbond substituents is 1. The van der Waals surface area contributed by atoms with Crippen molar-refractivity contribution in [1.29, 1.82) is 0 Å². The lowest BCUT2D eigenvalue weighted by Gasteiger charge is -2.32. The van der Waals surface area contributed by atoms with Gasteiger partial charge in [0, 0.05) is 18.2 Å². The van der Waals surface area contributed by atoms with E-state index in [1.807, 2.05) is 39.0 Å². The van der Waals surface area contributed by atoms with Gasteiger partial charge >= 0.3 is 0 Å². The number of phenols is 1. The number of ketones is 1. The molecule has 6 nitrogen and oxygen atoms in total. The normalized spacial score (nSPS) is 15.8. The molecule has 1 unspecified atom stereocenters. The summed E-state index contributed by atoms with van der Waals surface area (Å²) >= 11 is 0. The summed E-state index contributed by atoms with van der Waals surface area (Å²) in [5.41, 5.74) is 0.739. The molecular weight excluding hydrogens is 370 g/mol. The number of amides is 1. The molecule has 1 heterocycles. The molecule has 1 atom stereocenters. The van der Waals surface area contributed by atoms with Crippen molar-refractivity contribution >= 4 is 11.7 Å². The van der Waals surface area contributed by atoms with Gasteiger partial charge in [0.15, 0.2) is 12.4 Å². The van der Waals surface area contributed by atoms with E-state index in [4.69, 9.17) is 9.47 Å². The Balaban J connectivity index is 1.54. The quantitative estimate of drug-likeness (QED) is 0.745. The third-order valence-electron chi connectivity index (χ3n) is 4.79. The standard InChI is InChI=1S/C23H27NO5/c1-15(9-10-16-7-5-4-6-8-16)24-21(27)14-28-17-11-18(25)22-19(26)13-23(2,3)29-20(22)12-17/h4-8,11-12,15,25H,9-10,13-14H2,1-3H3,(H,24,27). The van der Waals surface area contributed by atoms with Crippen LogP contribution in [0.5, 0.6) is 17.2 Å². The smallest absolute Gasteiger partial charge is 0.258 e. The molecule has 0 spiro atoms. The molecule has 2 aromatic carbocycles. The largest absolute Gasteiger partial charge is 0.507 e. The van der Waals surface area contributed by atoms with E-state index < -0.39 is 5.60 Å². The molecule has 0 aromatic heterocycles. The Labute approximate surface area is 170 Å². The van der Waals surface area contributed by atoms with Crippen LogP contribution in [0.2, 0.25) is 0 Å². The Morgan fingerprint density at radius 2 is 2.00 bits per heavy atom. The molecule has 0 saturated heterocycles. The molecule has 2 N–H and O–H groups in total. The van der Waals surface area contributed by atoms with Crippen LogP contribution in [-0.2, 0) is 11.2 Å². The van der Waals surface area contributed by atoms with Gasteiger partial charge in [-0.3, -0.25) is 9.59 Å². The van der Waals surface area contributed by atoms with Gasteiger partial charge in [0.05, 0.1) is 6.42 Å². The molecule has 0 fully saturated rings. The number of carbonyl (C=O) groups excluding carboxylic acids is 2. The molecule has 0 aliphatic carbocycles. The fraction of sp³-hybridized carbons (Fsp3) is 0.391. The minimum Gasteiger partial charge on any atom is -0.507 e. The van der Waals surface area contributed by atoms with Crippen LogP contribution in [0.15, 0.2) is 42.5 Å². The van der Waals surface area contributed by atoms with E-state index in [0.717, 1.165) is 12.8 Å². The average Bonchev–Trinajstić information content (AvgIpc) is 2.64. The highest BCUT2D eigenvalue weighted by Gasteiger charge is 2.35. The van der Waals surface area contributed by atoms with E-state index in [2.05, 4.69) is 17.4 Å². The number of nitrogens with one attached hydrogen (secondary N) is 1.